The lowest BCUT2D eigenvalue weighted by atomic mass is 9.91. The van der Waals surface area contributed by atoms with Gasteiger partial charge in [-0.2, -0.15) is 16.7 Å². The maximum absolute atomic E-state index is 5.61. The normalized spacial score (nSPS) is 25.1. The van der Waals surface area contributed by atoms with Crippen molar-refractivity contribution in [1.82, 2.24) is 10.1 Å². The van der Waals surface area contributed by atoms with Gasteiger partial charge >= 0.3 is 0 Å². The zero-order valence-electron chi connectivity index (χ0n) is 11.9. The fourth-order valence-corrected chi connectivity index (χ4v) is 4.42. The summed E-state index contributed by atoms with van der Waals surface area (Å²) >= 11 is 1.96. The third-order valence-corrected chi connectivity index (χ3v) is 5.68. The molecule has 1 saturated heterocycles. The van der Waals surface area contributed by atoms with Crippen molar-refractivity contribution in [3.8, 4) is 0 Å². The topological polar surface area (TPSA) is 51.0 Å². The molecule has 2 aliphatic rings. The first-order chi connectivity index (χ1) is 10.4. The summed E-state index contributed by atoms with van der Waals surface area (Å²) in [7, 11) is 0. The molecular weight excluding hydrogens is 282 g/mol. The lowest BCUT2D eigenvalue weighted by Crippen LogP contribution is -2.17. The van der Waals surface area contributed by atoms with E-state index in [1.54, 1.807) is 0 Å². The summed E-state index contributed by atoms with van der Waals surface area (Å²) in [5, 5.41) is 8.12. The molecule has 0 amide bonds. The van der Waals surface area contributed by atoms with Crippen molar-refractivity contribution in [2.45, 2.75) is 36.9 Å². The van der Waals surface area contributed by atoms with Crippen LogP contribution in [0.5, 0.6) is 0 Å². The van der Waals surface area contributed by atoms with Crippen LogP contribution in [0.4, 0.5) is 5.69 Å². The van der Waals surface area contributed by atoms with Gasteiger partial charge in [-0.3, -0.25) is 0 Å². The number of aromatic nitrogens is 2. The van der Waals surface area contributed by atoms with Crippen molar-refractivity contribution >= 4 is 17.4 Å². The van der Waals surface area contributed by atoms with Gasteiger partial charge in [0.2, 0.25) is 5.89 Å². The molecule has 0 bridgehead atoms. The number of benzene rings is 1. The summed E-state index contributed by atoms with van der Waals surface area (Å²) in [4.78, 5) is 4.73. The molecule has 3 heterocycles. The van der Waals surface area contributed by atoms with Gasteiger partial charge in [-0.15, -0.1) is 0 Å². The van der Waals surface area contributed by atoms with Gasteiger partial charge in [0.15, 0.2) is 5.82 Å². The Balaban J connectivity index is 1.61. The molecule has 0 saturated carbocycles. The molecule has 1 N–H and O–H groups in total. The van der Waals surface area contributed by atoms with Gasteiger partial charge in [0.25, 0.3) is 0 Å². The molecule has 4 rings (SSSR count). The maximum atomic E-state index is 5.61. The van der Waals surface area contributed by atoms with Gasteiger partial charge in [0, 0.05) is 12.2 Å². The molecule has 4 nitrogen and oxygen atoms in total. The van der Waals surface area contributed by atoms with Crippen molar-refractivity contribution in [3.63, 3.8) is 0 Å². The second-order valence-electron chi connectivity index (χ2n) is 5.70. The van der Waals surface area contributed by atoms with Crippen LogP contribution in [0.25, 0.3) is 0 Å². The predicted molar refractivity (Wildman–Crippen MR) is 84.7 cm³/mol. The Labute approximate surface area is 128 Å². The van der Waals surface area contributed by atoms with E-state index in [0.29, 0.717) is 5.25 Å². The number of thioether (sulfide) groups is 1. The van der Waals surface area contributed by atoms with Gasteiger partial charge in [-0.05, 0) is 36.6 Å². The van der Waals surface area contributed by atoms with Gasteiger partial charge in [-0.25, -0.2) is 0 Å². The summed E-state index contributed by atoms with van der Waals surface area (Å²) < 4.78 is 5.61. The van der Waals surface area contributed by atoms with Crippen LogP contribution in [0.3, 0.4) is 0 Å². The maximum Gasteiger partial charge on any atom is 0.234 e. The van der Waals surface area contributed by atoms with E-state index in [2.05, 4.69) is 34.7 Å². The van der Waals surface area contributed by atoms with E-state index in [1.165, 1.54) is 36.3 Å². The highest BCUT2D eigenvalue weighted by molar-refractivity contribution is 7.99. The molecule has 2 aromatic rings. The smallest absolute Gasteiger partial charge is 0.234 e. The van der Waals surface area contributed by atoms with E-state index in [0.717, 1.165) is 24.7 Å². The number of para-hydroxylation sites is 1. The lowest BCUT2D eigenvalue weighted by molar-refractivity contribution is 0.355. The SMILES string of the molecule is c1ccc2c(c1)NCCC2c1nc(C2CCCCS2)no1. The third kappa shape index (κ3) is 2.55. The fraction of sp³-hybridized carbons (Fsp3) is 0.500. The first-order valence-electron chi connectivity index (χ1n) is 7.70. The monoisotopic (exact) mass is 301 g/mol. The first-order valence-corrected chi connectivity index (χ1v) is 8.74. The predicted octanol–water partition coefficient (Wildman–Crippen LogP) is 3.98. The van der Waals surface area contributed by atoms with Gasteiger partial charge < -0.3 is 9.84 Å². The Hall–Kier alpha value is -1.49. The molecule has 1 aromatic carbocycles. The van der Waals surface area contributed by atoms with Crippen molar-refractivity contribution in [1.29, 1.82) is 0 Å². The van der Waals surface area contributed by atoms with Crippen LogP contribution in [0.2, 0.25) is 0 Å². The second-order valence-corrected chi connectivity index (χ2v) is 7.01. The summed E-state index contributed by atoms with van der Waals surface area (Å²) in [6, 6.07) is 8.42. The number of nitrogens with one attached hydrogen (secondary N) is 1. The van der Waals surface area contributed by atoms with Crippen LogP contribution in [0.15, 0.2) is 28.8 Å². The molecule has 21 heavy (non-hydrogen) atoms. The lowest BCUT2D eigenvalue weighted by Gasteiger charge is -2.24. The molecule has 110 valence electrons. The Bertz CT molecular complexity index is 621. The number of fused-ring (bicyclic) bond motifs is 1. The quantitative estimate of drug-likeness (QED) is 0.909. The van der Waals surface area contributed by atoms with Gasteiger partial charge in [0.05, 0.1) is 11.2 Å². The number of nitrogens with zero attached hydrogens (tertiary/aromatic N) is 2. The Morgan fingerprint density at radius 2 is 2.14 bits per heavy atom. The molecule has 2 atom stereocenters. The second kappa shape index (κ2) is 5.72. The minimum atomic E-state index is 0.234. The highest BCUT2D eigenvalue weighted by Gasteiger charge is 2.28. The van der Waals surface area contributed by atoms with Crippen LogP contribution < -0.4 is 5.32 Å². The minimum absolute atomic E-state index is 0.234. The number of rotatable bonds is 2. The molecular formula is C16H19N3OS. The van der Waals surface area contributed by atoms with Crippen LogP contribution in [-0.2, 0) is 0 Å². The van der Waals surface area contributed by atoms with Crippen LogP contribution in [0.1, 0.15) is 54.1 Å². The molecule has 1 aromatic heterocycles. The minimum Gasteiger partial charge on any atom is -0.385 e. The van der Waals surface area contributed by atoms with Crippen LogP contribution >= 0.6 is 11.8 Å². The molecule has 5 heteroatoms. The Morgan fingerprint density at radius 1 is 1.19 bits per heavy atom. The van der Waals surface area contributed by atoms with Crippen molar-refractivity contribution in [2.24, 2.45) is 0 Å². The van der Waals surface area contributed by atoms with Crippen LogP contribution in [0, 0.1) is 0 Å². The Morgan fingerprint density at radius 3 is 3.05 bits per heavy atom. The first kappa shape index (κ1) is 13.2. The van der Waals surface area contributed by atoms with Gasteiger partial charge in [0.1, 0.15) is 0 Å². The molecule has 2 unspecified atom stereocenters. The van der Waals surface area contributed by atoms with Crippen LogP contribution in [-0.4, -0.2) is 22.4 Å². The average molecular weight is 301 g/mol. The molecule has 1 fully saturated rings. The molecule has 0 aliphatic carbocycles. The highest BCUT2D eigenvalue weighted by Crippen LogP contribution is 2.39. The average Bonchev–Trinajstić information content (AvgIpc) is 3.05. The van der Waals surface area contributed by atoms with Crippen molar-refractivity contribution in [2.75, 3.05) is 17.6 Å². The number of hydrogen-bond acceptors (Lipinski definition) is 5. The zero-order chi connectivity index (χ0) is 14.1. The fourth-order valence-electron chi connectivity index (χ4n) is 3.19. The molecule has 0 radical (unpaired) electrons. The summed E-state index contributed by atoms with van der Waals surface area (Å²) in [6.45, 7) is 0.956. The van der Waals surface area contributed by atoms with E-state index in [1.807, 2.05) is 11.8 Å². The van der Waals surface area contributed by atoms with E-state index in [9.17, 15) is 0 Å². The standard InChI is InChI=1S/C16H19N3OS/c1-2-6-13-11(5-1)12(8-9-17-13)16-18-15(19-20-16)14-7-3-4-10-21-14/h1-2,5-6,12,14,17H,3-4,7-10H2. The number of hydrogen-bond donors (Lipinski definition) is 1. The van der Waals surface area contributed by atoms with E-state index in [-0.39, 0.29) is 5.92 Å². The number of anilines is 1. The van der Waals surface area contributed by atoms with Crippen molar-refractivity contribution < 1.29 is 4.52 Å². The summed E-state index contributed by atoms with van der Waals surface area (Å²) in [5.41, 5.74) is 2.47. The molecule has 2 aliphatic heterocycles. The summed E-state index contributed by atoms with van der Waals surface area (Å²) in [5.74, 6) is 3.12. The largest absolute Gasteiger partial charge is 0.385 e. The van der Waals surface area contributed by atoms with E-state index >= 15 is 0 Å². The summed E-state index contributed by atoms with van der Waals surface area (Å²) in [6.07, 6.45) is 4.77. The third-order valence-electron chi connectivity index (χ3n) is 4.31. The van der Waals surface area contributed by atoms with Gasteiger partial charge in [-0.1, -0.05) is 29.8 Å². The highest BCUT2D eigenvalue weighted by atomic mass is 32.2. The zero-order valence-corrected chi connectivity index (χ0v) is 12.7. The van der Waals surface area contributed by atoms with E-state index in [4.69, 9.17) is 9.51 Å². The molecule has 0 spiro atoms. The Kier molecular flexibility index (Phi) is 3.59. The van der Waals surface area contributed by atoms with E-state index < -0.39 is 0 Å². The van der Waals surface area contributed by atoms with Crippen molar-refractivity contribution in [3.05, 3.63) is 41.5 Å².